The van der Waals surface area contributed by atoms with Crippen molar-refractivity contribution in [2.75, 3.05) is 28.3 Å². The molecule has 0 fully saturated rings. The van der Waals surface area contributed by atoms with E-state index in [2.05, 4.69) is 11.0 Å². The number of hydrogen-bond acceptors (Lipinski definition) is 4. The van der Waals surface area contributed by atoms with E-state index in [1.807, 2.05) is 38.4 Å². The first-order valence-corrected chi connectivity index (χ1v) is 7.72. The molecule has 2 rings (SSSR count). The van der Waals surface area contributed by atoms with Crippen LogP contribution in [0.3, 0.4) is 0 Å². The molecule has 4 heteroatoms. The Morgan fingerprint density at radius 2 is 1.83 bits per heavy atom. The molecule has 0 radical (unpaired) electrons. The van der Waals surface area contributed by atoms with Gasteiger partial charge in [-0.05, 0) is 49.5 Å². The minimum absolute atomic E-state index is 0.120. The van der Waals surface area contributed by atoms with Crippen LogP contribution in [0.1, 0.15) is 21.5 Å². The molecule has 4 nitrogen and oxygen atoms in total. The smallest absolute Gasteiger partial charge is 0.189 e. The molecule has 0 aliphatic heterocycles. The van der Waals surface area contributed by atoms with Crippen molar-refractivity contribution in [3.63, 3.8) is 0 Å². The molecule has 2 aromatic carbocycles. The van der Waals surface area contributed by atoms with Gasteiger partial charge in [0.15, 0.2) is 5.78 Å². The van der Waals surface area contributed by atoms with Gasteiger partial charge in [0.2, 0.25) is 0 Å². The number of ether oxygens (including phenoxy) is 2. The first-order valence-electron chi connectivity index (χ1n) is 7.72. The van der Waals surface area contributed by atoms with Gasteiger partial charge in [0, 0.05) is 6.54 Å². The lowest BCUT2D eigenvalue weighted by Crippen LogP contribution is -2.11. The van der Waals surface area contributed by atoms with Gasteiger partial charge >= 0.3 is 0 Å². The van der Waals surface area contributed by atoms with E-state index in [0.717, 1.165) is 12.1 Å². The highest BCUT2D eigenvalue weighted by Gasteiger charge is 2.11. The van der Waals surface area contributed by atoms with Crippen molar-refractivity contribution in [1.29, 1.82) is 0 Å². The summed E-state index contributed by atoms with van der Waals surface area (Å²) in [5.74, 6) is 1.04. The number of benzene rings is 2. The summed E-state index contributed by atoms with van der Waals surface area (Å²) in [6.07, 6.45) is 3.42. The Hall–Kier alpha value is -2.59. The van der Waals surface area contributed by atoms with Gasteiger partial charge in [0.05, 0.1) is 19.8 Å². The van der Waals surface area contributed by atoms with E-state index >= 15 is 0 Å². The van der Waals surface area contributed by atoms with E-state index in [1.165, 1.54) is 5.56 Å². The first-order chi connectivity index (χ1) is 11.5. The molecule has 0 N–H and O–H groups in total. The zero-order chi connectivity index (χ0) is 17.5. The van der Waals surface area contributed by atoms with E-state index in [-0.39, 0.29) is 5.78 Å². The first kappa shape index (κ1) is 17.8. The van der Waals surface area contributed by atoms with Crippen LogP contribution in [0.4, 0.5) is 0 Å². The predicted octanol–water partition coefficient (Wildman–Crippen LogP) is 3.66. The van der Waals surface area contributed by atoms with Crippen LogP contribution in [0.5, 0.6) is 11.5 Å². The molecule has 0 atom stereocenters. The van der Waals surface area contributed by atoms with Crippen molar-refractivity contribution < 1.29 is 14.3 Å². The largest absolute Gasteiger partial charge is 0.497 e. The Kier molecular flexibility index (Phi) is 6.15. The molecule has 0 saturated carbocycles. The van der Waals surface area contributed by atoms with Crippen LogP contribution in [0.25, 0.3) is 6.08 Å². The maximum atomic E-state index is 12.6. The molecule has 0 bridgehead atoms. The molecule has 0 spiro atoms. The normalized spacial score (nSPS) is 11.0. The van der Waals surface area contributed by atoms with Crippen LogP contribution >= 0.6 is 0 Å². The molecule has 0 unspecified atom stereocenters. The summed E-state index contributed by atoms with van der Waals surface area (Å²) in [5, 5.41) is 0. The van der Waals surface area contributed by atoms with Crippen LogP contribution in [0, 0.1) is 0 Å². The van der Waals surface area contributed by atoms with E-state index < -0.39 is 0 Å². The maximum Gasteiger partial charge on any atom is 0.189 e. The van der Waals surface area contributed by atoms with Crippen LogP contribution < -0.4 is 9.47 Å². The number of ketones is 1. The third kappa shape index (κ3) is 4.46. The van der Waals surface area contributed by atoms with E-state index in [9.17, 15) is 4.79 Å². The Labute approximate surface area is 143 Å². The number of hydrogen-bond donors (Lipinski definition) is 0. The second kappa shape index (κ2) is 8.31. The van der Waals surface area contributed by atoms with Gasteiger partial charge in [-0.15, -0.1) is 0 Å². The van der Waals surface area contributed by atoms with Gasteiger partial charge in [-0.3, -0.25) is 4.79 Å². The second-order valence-corrected chi connectivity index (χ2v) is 5.70. The zero-order valence-electron chi connectivity index (χ0n) is 14.6. The van der Waals surface area contributed by atoms with Gasteiger partial charge in [0.25, 0.3) is 0 Å². The quantitative estimate of drug-likeness (QED) is 0.575. The molecule has 126 valence electrons. The minimum atomic E-state index is -0.120. The summed E-state index contributed by atoms with van der Waals surface area (Å²) in [5.41, 5.74) is 2.68. The Bertz CT molecular complexity index is 735. The summed E-state index contributed by atoms with van der Waals surface area (Å²) < 4.78 is 10.5. The van der Waals surface area contributed by atoms with Gasteiger partial charge in [-0.2, -0.15) is 0 Å². The minimum Gasteiger partial charge on any atom is -0.497 e. The highest BCUT2D eigenvalue weighted by atomic mass is 16.5. The fourth-order valence-corrected chi connectivity index (χ4v) is 2.44. The monoisotopic (exact) mass is 325 g/mol. The van der Waals surface area contributed by atoms with Crippen molar-refractivity contribution in [3.8, 4) is 11.5 Å². The molecule has 0 saturated heterocycles. The summed E-state index contributed by atoms with van der Waals surface area (Å²) in [6.45, 7) is 0.817. The second-order valence-electron chi connectivity index (χ2n) is 5.70. The van der Waals surface area contributed by atoms with Gasteiger partial charge < -0.3 is 14.4 Å². The average Bonchev–Trinajstić information content (AvgIpc) is 2.59. The van der Waals surface area contributed by atoms with Crippen LogP contribution in [0.2, 0.25) is 0 Å². The number of carbonyl (C=O) groups is 1. The van der Waals surface area contributed by atoms with Crippen molar-refractivity contribution in [2.45, 2.75) is 6.54 Å². The molecule has 0 aliphatic carbocycles. The van der Waals surface area contributed by atoms with Gasteiger partial charge in [0.1, 0.15) is 11.5 Å². The topological polar surface area (TPSA) is 38.8 Å². The highest BCUT2D eigenvalue weighted by molar-refractivity contribution is 6.09. The maximum absolute atomic E-state index is 12.6. The summed E-state index contributed by atoms with van der Waals surface area (Å²) in [4.78, 5) is 14.7. The Morgan fingerprint density at radius 1 is 1.08 bits per heavy atom. The summed E-state index contributed by atoms with van der Waals surface area (Å²) in [7, 11) is 7.16. The fraction of sp³-hybridized carbons (Fsp3) is 0.250. The predicted molar refractivity (Wildman–Crippen MR) is 96.7 cm³/mol. The molecular weight excluding hydrogens is 302 g/mol. The van der Waals surface area contributed by atoms with Crippen molar-refractivity contribution in [1.82, 2.24) is 4.90 Å². The van der Waals surface area contributed by atoms with Crippen LogP contribution in [0.15, 0.2) is 48.5 Å². The zero-order valence-corrected chi connectivity index (χ0v) is 14.6. The van der Waals surface area contributed by atoms with Crippen molar-refractivity contribution in [3.05, 3.63) is 65.2 Å². The van der Waals surface area contributed by atoms with E-state index in [0.29, 0.717) is 17.1 Å². The molecular formula is C20H23NO3. The van der Waals surface area contributed by atoms with Crippen LogP contribution in [-0.2, 0) is 6.54 Å². The lowest BCUT2D eigenvalue weighted by atomic mass is 10.0. The molecule has 2 aromatic rings. The fourth-order valence-electron chi connectivity index (χ4n) is 2.44. The Balaban J connectivity index is 2.28. The van der Waals surface area contributed by atoms with E-state index in [4.69, 9.17) is 9.47 Å². The van der Waals surface area contributed by atoms with Gasteiger partial charge in [-0.25, -0.2) is 0 Å². The third-order valence-corrected chi connectivity index (χ3v) is 3.63. The molecule has 24 heavy (non-hydrogen) atoms. The summed E-state index contributed by atoms with van der Waals surface area (Å²) >= 11 is 0. The van der Waals surface area contributed by atoms with E-state index in [1.54, 1.807) is 38.5 Å². The number of methoxy groups -OCH3 is 2. The summed E-state index contributed by atoms with van der Waals surface area (Å²) in [6, 6.07) is 13.2. The molecule has 0 heterocycles. The third-order valence-electron chi connectivity index (χ3n) is 3.63. The SMILES string of the molecule is COc1ccc(OC)c(C(=O)C=Cc2ccccc2CN(C)C)c1. The molecule has 0 aliphatic rings. The van der Waals surface area contributed by atoms with Crippen LogP contribution in [-0.4, -0.2) is 39.0 Å². The van der Waals surface area contributed by atoms with Crippen molar-refractivity contribution in [2.24, 2.45) is 0 Å². The molecule has 0 aromatic heterocycles. The number of allylic oxidation sites excluding steroid dienone is 1. The van der Waals surface area contributed by atoms with Crippen molar-refractivity contribution >= 4 is 11.9 Å². The lowest BCUT2D eigenvalue weighted by Gasteiger charge is -2.12. The average molecular weight is 325 g/mol. The number of rotatable bonds is 7. The van der Waals surface area contributed by atoms with Gasteiger partial charge in [-0.1, -0.05) is 30.3 Å². The number of nitrogens with zero attached hydrogens (tertiary/aromatic N) is 1. The lowest BCUT2D eigenvalue weighted by molar-refractivity contribution is 0.104. The number of carbonyl (C=O) groups excluding carboxylic acids is 1. The standard InChI is InChI=1S/C20H23NO3/c1-21(2)14-16-8-6-5-7-15(16)9-11-19(22)18-13-17(23-3)10-12-20(18)24-4/h5-13H,14H2,1-4H3. The highest BCUT2D eigenvalue weighted by Crippen LogP contribution is 2.25. The Morgan fingerprint density at radius 3 is 2.50 bits per heavy atom. The molecule has 0 amide bonds.